The van der Waals surface area contributed by atoms with Gasteiger partial charge in [-0.05, 0) is 48.2 Å². The number of ether oxygens (including phenoxy) is 1. The molecule has 3 aromatic rings. The highest BCUT2D eigenvalue weighted by atomic mass is 32.2. The Morgan fingerprint density at radius 2 is 1.90 bits per heavy atom. The Labute approximate surface area is 183 Å². The van der Waals surface area contributed by atoms with Crippen molar-refractivity contribution in [3.05, 3.63) is 75.7 Å². The third-order valence-electron chi connectivity index (χ3n) is 4.39. The van der Waals surface area contributed by atoms with Gasteiger partial charge in [0.05, 0.1) is 16.3 Å². The lowest BCUT2D eigenvalue weighted by molar-refractivity contribution is -0.384. The number of rotatable bonds is 8. The number of nitrogens with one attached hydrogen (secondary N) is 1. The molecule has 3 rings (SSSR count). The second-order valence-corrected chi connectivity index (χ2v) is 9.64. The van der Waals surface area contributed by atoms with Crippen LogP contribution in [0.4, 0.5) is 17.1 Å². The Morgan fingerprint density at radius 3 is 2.52 bits per heavy atom. The summed E-state index contributed by atoms with van der Waals surface area (Å²) in [7, 11) is -2.18. The standard InChI is InChI=1S/C20H19N3O6S2/c1-14-5-6-16(23(25)26)12-18(14)21-19(24)13-29-17-9-7-15(8-10-17)22(2)31(27,28)20-4-3-11-30-20/h3-12H,13H2,1-2H3,(H,21,24). The topological polar surface area (TPSA) is 119 Å². The molecule has 0 aliphatic rings. The molecule has 0 saturated heterocycles. The molecule has 11 heteroatoms. The summed E-state index contributed by atoms with van der Waals surface area (Å²) in [6, 6.07) is 13.7. The molecule has 0 unspecified atom stereocenters. The first kappa shape index (κ1) is 22.2. The Morgan fingerprint density at radius 1 is 1.19 bits per heavy atom. The summed E-state index contributed by atoms with van der Waals surface area (Å²) in [5.74, 6) is -0.110. The second-order valence-electron chi connectivity index (χ2n) is 6.49. The molecule has 1 heterocycles. The van der Waals surface area contributed by atoms with Crippen LogP contribution in [0.5, 0.6) is 5.75 Å². The van der Waals surface area contributed by atoms with Crippen molar-refractivity contribution >= 4 is 44.3 Å². The van der Waals surface area contributed by atoms with Gasteiger partial charge in [-0.1, -0.05) is 12.1 Å². The second kappa shape index (κ2) is 9.14. The van der Waals surface area contributed by atoms with Gasteiger partial charge in [0.1, 0.15) is 9.96 Å². The lowest BCUT2D eigenvalue weighted by atomic mass is 10.2. The van der Waals surface area contributed by atoms with Crippen molar-refractivity contribution in [2.75, 3.05) is 23.3 Å². The number of nitrogens with zero attached hydrogens (tertiary/aromatic N) is 2. The van der Waals surface area contributed by atoms with Crippen LogP contribution in [-0.4, -0.2) is 32.9 Å². The van der Waals surface area contributed by atoms with Crippen LogP contribution < -0.4 is 14.4 Å². The van der Waals surface area contributed by atoms with Gasteiger partial charge in [0.2, 0.25) is 0 Å². The van der Waals surface area contributed by atoms with Gasteiger partial charge in [0.25, 0.3) is 21.6 Å². The molecule has 1 aromatic heterocycles. The fourth-order valence-corrected chi connectivity index (χ4v) is 4.99. The lowest BCUT2D eigenvalue weighted by Crippen LogP contribution is -2.25. The molecule has 2 aromatic carbocycles. The molecule has 0 aliphatic carbocycles. The molecule has 9 nitrogen and oxygen atoms in total. The predicted octanol–water partition coefficient (Wildman–Crippen LogP) is 3.81. The fraction of sp³-hybridized carbons (Fsp3) is 0.150. The third-order valence-corrected chi connectivity index (χ3v) is 7.54. The maximum Gasteiger partial charge on any atom is 0.273 e. The van der Waals surface area contributed by atoms with E-state index in [0.29, 0.717) is 22.7 Å². The number of carbonyl (C=O) groups is 1. The van der Waals surface area contributed by atoms with E-state index in [1.165, 1.54) is 29.6 Å². The van der Waals surface area contributed by atoms with Crippen LogP contribution in [0.15, 0.2) is 64.2 Å². The predicted molar refractivity (Wildman–Crippen MR) is 118 cm³/mol. The number of thiophene rings is 1. The number of benzene rings is 2. The number of anilines is 2. The molecule has 1 N–H and O–H groups in total. The number of nitro groups is 1. The summed E-state index contributed by atoms with van der Waals surface area (Å²) >= 11 is 1.14. The van der Waals surface area contributed by atoms with E-state index in [4.69, 9.17) is 4.74 Å². The van der Waals surface area contributed by atoms with Crippen molar-refractivity contribution < 1.29 is 22.9 Å². The minimum absolute atomic E-state index is 0.126. The fourth-order valence-electron chi connectivity index (χ4n) is 2.63. The highest BCUT2D eigenvalue weighted by Gasteiger charge is 2.22. The molecule has 0 aliphatic heterocycles. The highest BCUT2D eigenvalue weighted by Crippen LogP contribution is 2.27. The van der Waals surface area contributed by atoms with E-state index in [9.17, 15) is 23.3 Å². The van der Waals surface area contributed by atoms with Crippen LogP contribution in [-0.2, 0) is 14.8 Å². The van der Waals surface area contributed by atoms with E-state index < -0.39 is 20.9 Å². The normalized spacial score (nSPS) is 11.0. The molecule has 0 radical (unpaired) electrons. The van der Waals surface area contributed by atoms with E-state index in [0.717, 1.165) is 11.3 Å². The number of non-ortho nitro benzene ring substituents is 1. The third kappa shape index (κ3) is 5.19. The number of hydrogen-bond donors (Lipinski definition) is 1. The van der Waals surface area contributed by atoms with Crippen LogP contribution in [0.25, 0.3) is 0 Å². The average Bonchev–Trinajstić information content (AvgIpc) is 3.29. The number of nitro benzene ring substituents is 1. The minimum Gasteiger partial charge on any atom is -0.484 e. The first-order chi connectivity index (χ1) is 14.7. The summed E-state index contributed by atoms with van der Waals surface area (Å²) in [5.41, 5.74) is 1.33. The van der Waals surface area contributed by atoms with E-state index >= 15 is 0 Å². The van der Waals surface area contributed by atoms with Crippen LogP contribution in [0.2, 0.25) is 0 Å². The van der Waals surface area contributed by atoms with Crippen LogP contribution in [0.1, 0.15) is 5.56 Å². The number of carbonyl (C=O) groups excluding carboxylic acids is 1. The molecule has 0 fully saturated rings. The Kier molecular flexibility index (Phi) is 6.56. The minimum atomic E-state index is -3.64. The van der Waals surface area contributed by atoms with Gasteiger partial charge in [-0.15, -0.1) is 11.3 Å². The van der Waals surface area contributed by atoms with Gasteiger partial charge in [-0.3, -0.25) is 19.2 Å². The monoisotopic (exact) mass is 461 g/mol. The van der Waals surface area contributed by atoms with Crippen molar-refractivity contribution in [3.8, 4) is 5.75 Å². The molecule has 1 amide bonds. The Hall–Kier alpha value is -3.44. The molecule has 162 valence electrons. The Bertz CT molecular complexity index is 1190. The first-order valence-corrected chi connectivity index (χ1v) is 11.3. The zero-order valence-corrected chi connectivity index (χ0v) is 18.3. The summed E-state index contributed by atoms with van der Waals surface area (Å²) < 4.78 is 32.0. The summed E-state index contributed by atoms with van der Waals surface area (Å²) in [6.07, 6.45) is 0. The smallest absolute Gasteiger partial charge is 0.273 e. The SMILES string of the molecule is Cc1ccc([N+](=O)[O-])cc1NC(=O)COc1ccc(N(C)S(=O)(=O)c2cccs2)cc1. The molecule has 0 spiro atoms. The van der Waals surface area contributed by atoms with Crippen LogP contribution in [0, 0.1) is 17.0 Å². The van der Waals surface area contributed by atoms with Crippen molar-refractivity contribution in [1.29, 1.82) is 0 Å². The van der Waals surface area contributed by atoms with Gasteiger partial charge >= 0.3 is 0 Å². The number of sulfonamides is 1. The maximum absolute atomic E-state index is 12.6. The largest absolute Gasteiger partial charge is 0.484 e. The van der Waals surface area contributed by atoms with E-state index in [-0.39, 0.29) is 16.5 Å². The highest BCUT2D eigenvalue weighted by molar-refractivity contribution is 7.94. The Balaban J connectivity index is 1.61. The van der Waals surface area contributed by atoms with Gasteiger partial charge < -0.3 is 10.1 Å². The maximum atomic E-state index is 12.6. The molecule has 0 bridgehead atoms. The van der Waals surface area contributed by atoms with E-state index in [1.807, 2.05) is 0 Å². The molecule has 31 heavy (non-hydrogen) atoms. The summed E-state index contributed by atoms with van der Waals surface area (Å²) in [5, 5.41) is 15.2. The van der Waals surface area contributed by atoms with Gasteiger partial charge in [0, 0.05) is 19.2 Å². The van der Waals surface area contributed by atoms with Crippen molar-refractivity contribution in [2.24, 2.45) is 0 Å². The number of amides is 1. The summed E-state index contributed by atoms with van der Waals surface area (Å²) in [6.45, 7) is 1.41. The van der Waals surface area contributed by atoms with E-state index in [2.05, 4.69) is 5.32 Å². The van der Waals surface area contributed by atoms with Gasteiger partial charge in [0.15, 0.2) is 6.61 Å². The molecule has 0 atom stereocenters. The first-order valence-electron chi connectivity index (χ1n) is 8.98. The number of aryl methyl sites for hydroxylation is 1. The lowest BCUT2D eigenvalue weighted by Gasteiger charge is -2.18. The van der Waals surface area contributed by atoms with Crippen LogP contribution >= 0.6 is 11.3 Å². The number of hydrogen-bond acceptors (Lipinski definition) is 7. The average molecular weight is 462 g/mol. The zero-order valence-electron chi connectivity index (χ0n) is 16.6. The van der Waals surface area contributed by atoms with Gasteiger partial charge in [-0.2, -0.15) is 0 Å². The van der Waals surface area contributed by atoms with Crippen molar-refractivity contribution in [2.45, 2.75) is 11.1 Å². The molecular weight excluding hydrogens is 442 g/mol. The van der Waals surface area contributed by atoms with E-state index in [1.54, 1.807) is 48.7 Å². The molecular formula is C20H19N3O6S2. The van der Waals surface area contributed by atoms with Crippen molar-refractivity contribution in [3.63, 3.8) is 0 Å². The molecule has 0 saturated carbocycles. The summed E-state index contributed by atoms with van der Waals surface area (Å²) in [4.78, 5) is 22.5. The zero-order chi connectivity index (χ0) is 22.6. The van der Waals surface area contributed by atoms with Crippen molar-refractivity contribution in [1.82, 2.24) is 0 Å². The van der Waals surface area contributed by atoms with Crippen LogP contribution in [0.3, 0.4) is 0 Å². The van der Waals surface area contributed by atoms with Gasteiger partial charge in [-0.25, -0.2) is 8.42 Å². The quantitative estimate of drug-likeness (QED) is 0.402.